The summed E-state index contributed by atoms with van der Waals surface area (Å²) in [6.07, 6.45) is 3.65. The Kier molecular flexibility index (Phi) is 1.02. The molecule has 0 spiro atoms. The third-order valence-electron chi connectivity index (χ3n) is 1.74. The van der Waals surface area contributed by atoms with Gasteiger partial charge in [-0.2, -0.15) is 0 Å². The van der Waals surface area contributed by atoms with Gasteiger partial charge in [0, 0.05) is 6.42 Å². The number of rotatable bonds is 0. The van der Waals surface area contributed by atoms with E-state index in [0.717, 1.165) is 18.8 Å². The number of ether oxygens (including phenoxy) is 2. The Morgan fingerprint density at radius 2 is 2.56 bits per heavy atom. The van der Waals surface area contributed by atoms with Crippen LogP contribution in [-0.4, -0.2) is 18.8 Å². The second-order valence-electron chi connectivity index (χ2n) is 2.54. The van der Waals surface area contributed by atoms with Crippen molar-refractivity contribution in [3.8, 4) is 0 Å². The summed E-state index contributed by atoms with van der Waals surface area (Å²) in [7, 11) is 0. The van der Waals surface area contributed by atoms with Gasteiger partial charge >= 0.3 is 0 Å². The Balaban J connectivity index is 2.18. The van der Waals surface area contributed by atoms with Crippen LogP contribution in [-0.2, 0) is 9.47 Å². The molecule has 0 unspecified atom stereocenters. The van der Waals surface area contributed by atoms with Gasteiger partial charge in [-0.25, -0.2) is 0 Å². The monoisotopic (exact) mass is 126 g/mol. The molecule has 2 heteroatoms. The fourth-order valence-electron chi connectivity index (χ4n) is 1.34. The zero-order valence-electron chi connectivity index (χ0n) is 5.46. The van der Waals surface area contributed by atoms with Crippen molar-refractivity contribution in [1.29, 1.82) is 0 Å². The lowest BCUT2D eigenvalue weighted by Gasteiger charge is -2.03. The summed E-state index contributed by atoms with van der Waals surface area (Å²) in [6.45, 7) is 2.87. The van der Waals surface area contributed by atoms with E-state index in [1.807, 2.05) is 6.92 Å². The second kappa shape index (κ2) is 1.74. The summed E-state index contributed by atoms with van der Waals surface area (Å²) in [5.74, 6) is 1.06. The van der Waals surface area contributed by atoms with Gasteiger partial charge in [0.05, 0.1) is 12.7 Å². The lowest BCUT2D eigenvalue weighted by molar-refractivity contribution is 0.0686. The van der Waals surface area contributed by atoms with E-state index in [1.54, 1.807) is 0 Å². The van der Waals surface area contributed by atoms with Crippen LogP contribution in [0.3, 0.4) is 0 Å². The first-order chi connectivity index (χ1) is 4.36. The smallest absolute Gasteiger partial charge is 0.123 e. The maximum atomic E-state index is 5.47. The van der Waals surface area contributed by atoms with Gasteiger partial charge in [0.1, 0.15) is 11.9 Å². The van der Waals surface area contributed by atoms with Crippen LogP contribution in [0.2, 0.25) is 0 Å². The van der Waals surface area contributed by atoms with E-state index in [9.17, 15) is 0 Å². The molecule has 0 aliphatic carbocycles. The highest BCUT2D eigenvalue weighted by molar-refractivity contribution is 5.12. The lowest BCUT2D eigenvalue weighted by atomic mass is 10.3. The van der Waals surface area contributed by atoms with Crippen molar-refractivity contribution in [2.45, 2.75) is 25.6 Å². The first-order valence-corrected chi connectivity index (χ1v) is 3.36. The highest BCUT2D eigenvalue weighted by Gasteiger charge is 2.30. The average Bonchev–Trinajstić information content (AvgIpc) is 2.22. The van der Waals surface area contributed by atoms with Crippen LogP contribution in [0.25, 0.3) is 0 Å². The van der Waals surface area contributed by atoms with Gasteiger partial charge in [-0.1, -0.05) is 0 Å². The maximum absolute atomic E-state index is 5.47. The quantitative estimate of drug-likeness (QED) is 0.483. The van der Waals surface area contributed by atoms with Crippen LogP contribution in [0.4, 0.5) is 0 Å². The van der Waals surface area contributed by atoms with Crippen molar-refractivity contribution >= 4 is 0 Å². The van der Waals surface area contributed by atoms with Crippen LogP contribution in [0, 0.1) is 0 Å². The minimum Gasteiger partial charge on any atom is -0.495 e. The largest absolute Gasteiger partial charge is 0.495 e. The molecule has 2 heterocycles. The fourth-order valence-corrected chi connectivity index (χ4v) is 1.34. The van der Waals surface area contributed by atoms with E-state index in [2.05, 4.69) is 6.08 Å². The molecule has 2 aliphatic heterocycles. The Morgan fingerprint density at radius 1 is 1.67 bits per heavy atom. The molecule has 2 aliphatic rings. The van der Waals surface area contributed by atoms with Crippen LogP contribution >= 0.6 is 0 Å². The Bertz CT molecular complexity index is 151. The zero-order chi connectivity index (χ0) is 6.27. The average molecular weight is 126 g/mol. The van der Waals surface area contributed by atoms with E-state index in [1.165, 1.54) is 0 Å². The van der Waals surface area contributed by atoms with Crippen LogP contribution in [0.15, 0.2) is 11.8 Å². The van der Waals surface area contributed by atoms with E-state index < -0.39 is 0 Å². The summed E-state index contributed by atoms with van der Waals surface area (Å²) < 4.78 is 10.8. The van der Waals surface area contributed by atoms with Gasteiger partial charge in [-0.05, 0) is 13.0 Å². The van der Waals surface area contributed by atoms with Gasteiger partial charge in [0.25, 0.3) is 0 Å². The molecule has 50 valence electrons. The molecule has 0 radical (unpaired) electrons. The predicted octanol–water partition coefficient (Wildman–Crippen LogP) is 1.08. The Labute approximate surface area is 54.5 Å². The molecule has 9 heavy (non-hydrogen) atoms. The summed E-state index contributed by atoms with van der Waals surface area (Å²) >= 11 is 0. The van der Waals surface area contributed by atoms with Crippen molar-refractivity contribution in [2.24, 2.45) is 0 Å². The molecule has 0 amide bonds. The molecule has 0 aromatic rings. The summed E-state index contributed by atoms with van der Waals surface area (Å²) in [6, 6.07) is 0. The maximum Gasteiger partial charge on any atom is 0.123 e. The summed E-state index contributed by atoms with van der Waals surface area (Å²) in [5, 5.41) is 0. The molecule has 0 bridgehead atoms. The SMILES string of the molecule is C[C@@H]1C=C2OCC[C@@H]2O1. The van der Waals surface area contributed by atoms with E-state index in [4.69, 9.17) is 9.47 Å². The van der Waals surface area contributed by atoms with Crippen LogP contribution in [0.1, 0.15) is 13.3 Å². The first-order valence-electron chi connectivity index (χ1n) is 3.36. The molecule has 0 aromatic heterocycles. The molecule has 1 fully saturated rings. The normalized spacial score (nSPS) is 39.9. The van der Waals surface area contributed by atoms with E-state index in [-0.39, 0.29) is 6.10 Å². The standard InChI is InChI=1S/C7H10O2/c1-5-4-7-6(9-5)2-3-8-7/h4-6H,2-3H2,1H3/t5-,6+/m1/s1. The minimum absolute atomic E-state index is 0.269. The number of hydrogen-bond acceptors (Lipinski definition) is 2. The topological polar surface area (TPSA) is 18.5 Å². The van der Waals surface area contributed by atoms with Crippen molar-refractivity contribution in [3.63, 3.8) is 0 Å². The number of fused-ring (bicyclic) bond motifs is 1. The van der Waals surface area contributed by atoms with Gasteiger partial charge in [-0.3, -0.25) is 0 Å². The molecule has 1 saturated heterocycles. The highest BCUT2D eigenvalue weighted by atomic mass is 16.6. The van der Waals surface area contributed by atoms with E-state index in [0.29, 0.717) is 6.10 Å². The van der Waals surface area contributed by atoms with Crippen LogP contribution in [0.5, 0.6) is 0 Å². The number of hydrogen-bond donors (Lipinski definition) is 0. The van der Waals surface area contributed by atoms with Crippen LogP contribution < -0.4 is 0 Å². The van der Waals surface area contributed by atoms with Crippen molar-refractivity contribution < 1.29 is 9.47 Å². The third kappa shape index (κ3) is 0.741. The predicted molar refractivity (Wildman–Crippen MR) is 33.0 cm³/mol. The molecule has 0 saturated carbocycles. The van der Waals surface area contributed by atoms with Crippen molar-refractivity contribution in [3.05, 3.63) is 11.8 Å². The zero-order valence-corrected chi connectivity index (χ0v) is 5.46. The molecular weight excluding hydrogens is 116 g/mol. The fraction of sp³-hybridized carbons (Fsp3) is 0.714. The molecule has 2 nitrogen and oxygen atoms in total. The Hall–Kier alpha value is -0.500. The molecule has 2 rings (SSSR count). The van der Waals surface area contributed by atoms with Crippen molar-refractivity contribution in [2.75, 3.05) is 6.61 Å². The second-order valence-corrected chi connectivity index (χ2v) is 2.54. The molecular formula is C7H10O2. The molecule has 2 atom stereocenters. The third-order valence-corrected chi connectivity index (χ3v) is 1.74. The van der Waals surface area contributed by atoms with E-state index >= 15 is 0 Å². The van der Waals surface area contributed by atoms with Gasteiger partial charge < -0.3 is 9.47 Å². The van der Waals surface area contributed by atoms with Gasteiger partial charge in [-0.15, -0.1) is 0 Å². The van der Waals surface area contributed by atoms with Crippen molar-refractivity contribution in [1.82, 2.24) is 0 Å². The lowest BCUT2D eigenvalue weighted by Crippen LogP contribution is -2.07. The molecule has 0 aromatic carbocycles. The highest BCUT2D eigenvalue weighted by Crippen LogP contribution is 2.28. The minimum atomic E-state index is 0.269. The Morgan fingerprint density at radius 3 is 3.33 bits per heavy atom. The first kappa shape index (κ1) is 5.30. The molecule has 0 N–H and O–H groups in total. The summed E-state index contributed by atoms with van der Waals surface area (Å²) in [5.41, 5.74) is 0. The van der Waals surface area contributed by atoms with Gasteiger partial charge in [0.2, 0.25) is 0 Å². The van der Waals surface area contributed by atoms with Gasteiger partial charge in [0.15, 0.2) is 0 Å². The summed E-state index contributed by atoms with van der Waals surface area (Å²) in [4.78, 5) is 0.